The second-order valence-electron chi connectivity index (χ2n) is 10.7. The number of likely N-dealkylation sites (tertiary alicyclic amines) is 1. The van der Waals surface area contributed by atoms with Crippen molar-refractivity contribution < 1.29 is 19.1 Å². The molecule has 2 N–H and O–H groups in total. The number of ether oxygens (including phenoxy) is 1. The summed E-state index contributed by atoms with van der Waals surface area (Å²) in [5.41, 5.74) is 1.65. The summed E-state index contributed by atoms with van der Waals surface area (Å²) >= 11 is 0. The highest BCUT2D eigenvalue weighted by molar-refractivity contribution is 5.99. The molecule has 9 nitrogen and oxygen atoms in total. The van der Waals surface area contributed by atoms with E-state index in [0.717, 1.165) is 44.3 Å². The lowest BCUT2D eigenvalue weighted by atomic mass is 9.96. The molecule has 0 aromatic heterocycles. The predicted molar refractivity (Wildman–Crippen MR) is 137 cm³/mol. The van der Waals surface area contributed by atoms with Crippen molar-refractivity contribution in [2.75, 3.05) is 51.3 Å². The second-order valence-corrected chi connectivity index (χ2v) is 10.7. The summed E-state index contributed by atoms with van der Waals surface area (Å²) in [5.74, 6) is -0.634. The van der Waals surface area contributed by atoms with Gasteiger partial charge in [0.1, 0.15) is 24.8 Å². The first kappa shape index (κ1) is 25.2. The first-order chi connectivity index (χ1) is 17.4. The van der Waals surface area contributed by atoms with Crippen molar-refractivity contribution in [3.63, 3.8) is 0 Å². The Labute approximate surface area is 213 Å². The molecule has 3 saturated heterocycles. The van der Waals surface area contributed by atoms with Crippen molar-refractivity contribution in [3.8, 4) is 0 Å². The van der Waals surface area contributed by atoms with Crippen molar-refractivity contribution in [3.05, 3.63) is 29.8 Å². The zero-order valence-corrected chi connectivity index (χ0v) is 21.6. The lowest BCUT2D eigenvalue weighted by molar-refractivity contribution is -0.139. The SMILES string of the molecule is CC[C@H](C)[C@H](NC(=O)c1ccc(N2CCN(C3CC3)CC2)cc1)C(=O)N1C[C@H](NC)[C@H]2OCC(=O)[C@H]21. The minimum Gasteiger partial charge on any atom is -0.369 e. The molecule has 4 aliphatic rings. The van der Waals surface area contributed by atoms with Gasteiger partial charge in [-0.2, -0.15) is 0 Å². The molecule has 1 aliphatic carbocycles. The molecular weight excluding hydrogens is 458 g/mol. The summed E-state index contributed by atoms with van der Waals surface area (Å²) in [6, 6.07) is 7.09. The molecule has 4 fully saturated rings. The molecular formula is C27H39N5O4. The van der Waals surface area contributed by atoms with Gasteiger partial charge in [0.05, 0.1) is 6.04 Å². The Morgan fingerprint density at radius 2 is 1.81 bits per heavy atom. The highest BCUT2D eigenvalue weighted by Crippen LogP contribution is 2.30. The molecule has 5 rings (SSSR count). The number of rotatable bonds is 8. The number of fused-ring (bicyclic) bond motifs is 1. The van der Waals surface area contributed by atoms with Crippen molar-refractivity contribution in [1.82, 2.24) is 20.4 Å². The fourth-order valence-electron chi connectivity index (χ4n) is 5.83. The van der Waals surface area contributed by atoms with Crippen molar-refractivity contribution in [2.24, 2.45) is 5.92 Å². The summed E-state index contributed by atoms with van der Waals surface area (Å²) in [5, 5.41) is 6.16. The minimum atomic E-state index is -0.706. The average Bonchev–Trinajstić information content (AvgIpc) is 3.60. The third-order valence-corrected chi connectivity index (χ3v) is 8.48. The topological polar surface area (TPSA) is 94.2 Å². The highest BCUT2D eigenvalue weighted by Gasteiger charge is 2.53. The number of Topliss-reactive ketones (excluding diaryl/α,β-unsaturated/α-hetero) is 1. The minimum absolute atomic E-state index is 0.0274. The van der Waals surface area contributed by atoms with Crippen LogP contribution in [0, 0.1) is 5.92 Å². The van der Waals surface area contributed by atoms with Crippen LogP contribution in [0.15, 0.2) is 24.3 Å². The van der Waals surface area contributed by atoms with Crippen LogP contribution in [-0.2, 0) is 14.3 Å². The maximum Gasteiger partial charge on any atom is 0.251 e. The van der Waals surface area contributed by atoms with E-state index in [1.54, 1.807) is 4.90 Å². The second kappa shape index (κ2) is 10.5. The Hall–Kier alpha value is -2.49. The van der Waals surface area contributed by atoms with Gasteiger partial charge in [0, 0.05) is 50.0 Å². The molecule has 0 bridgehead atoms. The Balaban J connectivity index is 1.24. The lowest BCUT2D eigenvalue weighted by Gasteiger charge is -2.36. The summed E-state index contributed by atoms with van der Waals surface area (Å²) in [6.45, 7) is 8.56. The predicted octanol–water partition coefficient (Wildman–Crippen LogP) is 0.882. The smallest absolute Gasteiger partial charge is 0.251 e. The van der Waals surface area contributed by atoms with Gasteiger partial charge in [0.15, 0.2) is 5.78 Å². The zero-order valence-electron chi connectivity index (χ0n) is 21.6. The van der Waals surface area contributed by atoms with E-state index in [-0.39, 0.29) is 42.3 Å². The Kier molecular flexibility index (Phi) is 7.32. The molecule has 5 atom stereocenters. The molecule has 0 unspecified atom stereocenters. The van der Waals surface area contributed by atoms with Crippen LogP contribution in [-0.4, -0.2) is 104 Å². The maximum atomic E-state index is 13.7. The number of ketones is 1. The van der Waals surface area contributed by atoms with E-state index in [1.807, 2.05) is 45.2 Å². The van der Waals surface area contributed by atoms with E-state index in [9.17, 15) is 14.4 Å². The van der Waals surface area contributed by atoms with E-state index in [1.165, 1.54) is 12.8 Å². The van der Waals surface area contributed by atoms with Crippen molar-refractivity contribution in [2.45, 2.75) is 63.4 Å². The highest BCUT2D eigenvalue weighted by atomic mass is 16.5. The number of hydrogen-bond acceptors (Lipinski definition) is 7. The van der Waals surface area contributed by atoms with E-state index < -0.39 is 12.1 Å². The Morgan fingerprint density at radius 1 is 1.11 bits per heavy atom. The van der Waals surface area contributed by atoms with Crippen LogP contribution in [0.3, 0.4) is 0 Å². The molecule has 0 spiro atoms. The number of hydrogen-bond donors (Lipinski definition) is 2. The molecule has 2 amide bonds. The van der Waals surface area contributed by atoms with Crippen molar-refractivity contribution >= 4 is 23.3 Å². The van der Waals surface area contributed by atoms with E-state index in [4.69, 9.17) is 4.74 Å². The molecule has 3 aliphatic heterocycles. The summed E-state index contributed by atoms with van der Waals surface area (Å²) in [6.07, 6.45) is 3.06. The maximum absolute atomic E-state index is 13.7. The van der Waals surface area contributed by atoms with Gasteiger partial charge in [-0.15, -0.1) is 0 Å². The van der Waals surface area contributed by atoms with Gasteiger partial charge in [-0.05, 0) is 50.1 Å². The van der Waals surface area contributed by atoms with Gasteiger partial charge >= 0.3 is 0 Å². The normalized spacial score (nSPS) is 28.2. The van der Waals surface area contributed by atoms with Gasteiger partial charge in [-0.1, -0.05) is 20.3 Å². The zero-order chi connectivity index (χ0) is 25.4. The molecule has 0 radical (unpaired) electrons. The number of benzene rings is 1. The van der Waals surface area contributed by atoms with Crippen LogP contribution < -0.4 is 15.5 Å². The van der Waals surface area contributed by atoms with E-state index in [2.05, 4.69) is 20.4 Å². The molecule has 196 valence electrons. The van der Waals surface area contributed by atoms with Crippen LogP contribution >= 0.6 is 0 Å². The fraction of sp³-hybridized carbons (Fsp3) is 0.667. The van der Waals surface area contributed by atoms with Crippen molar-refractivity contribution in [1.29, 1.82) is 0 Å². The fourth-order valence-corrected chi connectivity index (χ4v) is 5.83. The quantitative estimate of drug-likeness (QED) is 0.551. The van der Waals surface area contributed by atoms with Crippen LogP contribution in [0.2, 0.25) is 0 Å². The van der Waals surface area contributed by atoms with Gasteiger partial charge in [0.25, 0.3) is 5.91 Å². The van der Waals surface area contributed by atoms with Gasteiger partial charge < -0.3 is 25.2 Å². The van der Waals surface area contributed by atoms with E-state index in [0.29, 0.717) is 12.1 Å². The number of nitrogens with one attached hydrogen (secondary N) is 2. The first-order valence-corrected chi connectivity index (χ1v) is 13.4. The number of anilines is 1. The molecule has 9 heteroatoms. The Morgan fingerprint density at radius 3 is 2.42 bits per heavy atom. The van der Waals surface area contributed by atoms with Gasteiger partial charge in [-0.3, -0.25) is 19.3 Å². The lowest BCUT2D eigenvalue weighted by Crippen LogP contribution is -2.54. The van der Waals surface area contributed by atoms with Crippen LogP contribution in [0.4, 0.5) is 5.69 Å². The van der Waals surface area contributed by atoms with Crippen LogP contribution in [0.1, 0.15) is 43.5 Å². The monoisotopic (exact) mass is 497 g/mol. The number of piperazine rings is 1. The number of carbonyl (C=O) groups excluding carboxylic acids is 3. The third-order valence-electron chi connectivity index (χ3n) is 8.48. The van der Waals surface area contributed by atoms with E-state index >= 15 is 0 Å². The van der Waals surface area contributed by atoms with Gasteiger partial charge in [0.2, 0.25) is 5.91 Å². The summed E-state index contributed by atoms with van der Waals surface area (Å²) < 4.78 is 5.67. The van der Waals surface area contributed by atoms with Crippen LogP contribution in [0.25, 0.3) is 0 Å². The largest absolute Gasteiger partial charge is 0.369 e. The molecule has 1 aromatic rings. The average molecular weight is 498 g/mol. The summed E-state index contributed by atoms with van der Waals surface area (Å²) in [4.78, 5) is 46.0. The number of carbonyl (C=O) groups is 3. The third kappa shape index (κ3) is 4.88. The molecule has 3 heterocycles. The number of likely N-dealkylation sites (N-methyl/N-ethyl adjacent to an activating group) is 1. The molecule has 36 heavy (non-hydrogen) atoms. The molecule has 1 saturated carbocycles. The number of nitrogens with zero attached hydrogens (tertiary/aromatic N) is 3. The molecule has 1 aromatic carbocycles. The first-order valence-electron chi connectivity index (χ1n) is 13.4. The van der Waals surface area contributed by atoms with Gasteiger partial charge in [-0.25, -0.2) is 0 Å². The summed E-state index contributed by atoms with van der Waals surface area (Å²) in [7, 11) is 1.81. The van der Waals surface area contributed by atoms with Crippen LogP contribution in [0.5, 0.6) is 0 Å². The Bertz CT molecular complexity index is 973. The number of amides is 2. The standard InChI is InChI=1S/C27H39N5O4/c1-4-17(2)23(27(35)32-15-21(28-3)25-24(32)22(33)16-36-25)29-26(34)18-5-7-19(8-6-18)30-11-13-31(14-12-30)20-9-10-20/h5-8,17,20-21,23-25,28H,4,9-16H2,1-3H3,(H,29,34)/t17-,21-,23-,24+,25+/m0/s1.